The van der Waals surface area contributed by atoms with E-state index in [-0.39, 0.29) is 17.9 Å². The smallest absolute Gasteiger partial charge is 0.264 e. The van der Waals surface area contributed by atoms with Crippen molar-refractivity contribution in [3.05, 3.63) is 43.0 Å². The molecule has 1 saturated carbocycles. The Kier molecular flexibility index (Phi) is 3.44. The summed E-state index contributed by atoms with van der Waals surface area (Å²) in [7, 11) is 0. The molecule has 1 fully saturated rings. The number of fused-ring (bicyclic) bond motifs is 1. The zero-order chi connectivity index (χ0) is 15.7. The standard InChI is InChI=1S/C17H19N3O3/c21-16(15-9-22-13-3-1-2-4-14(13)23-15)19-10-17(5-6-17)11-20-8-7-18-12-20/h1-4,7-8,12,15H,5-6,9-11H2,(H,19,21). The predicted octanol–water partition coefficient (Wildman–Crippen LogP) is 1.62. The van der Waals surface area contributed by atoms with Crippen molar-refractivity contribution in [3.63, 3.8) is 0 Å². The van der Waals surface area contributed by atoms with Crippen LogP contribution in [0, 0.1) is 5.41 Å². The van der Waals surface area contributed by atoms with Crippen LogP contribution in [0.2, 0.25) is 0 Å². The van der Waals surface area contributed by atoms with E-state index in [1.54, 1.807) is 6.20 Å². The molecule has 0 spiro atoms. The fraction of sp³-hybridized carbons (Fsp3) is 0.412. The Morgan fingerprint density at radius 3 is 2.91 bits per heavy atom. The molecule has 2 aliphatic rings. The van der Waals surface area contributed by atoms with Crippen LogP contribution in [0.25, 0.3) is 0 Å². The number of para-hydroxylation sites is 2. The molecule has 0 saturated heterocycles. The minimum atomic E-state index is -0.589. The fourth-order valence-electron chi connectivity index (χ4n) is 2.87. The number of nitrogens with zero attached hydrogens (tertiary/aromatic N) is 2. The van der Waals surface area contributed by atoms with E-state index in [4.69, 9.17) is 9.47 Å². The summed E-state index contributed by atoms with van der Waals surface area (Å²) in [5.74, 6) is 1.20. The highest BCUT2D eigenvalue weighted by atomic mass is 16.6. The average Bonchev–Trinajstić information content (AvgIpc) is 3.15. The molecule has 0 radical (unpaired) electrons. The molecule has 1 unspecified atom stereocenters. The first-order valence-corrected chi connectivity index (χ1v) is 7.86. The second-order valence-corrected chi connectivity index (χ2v) is 6.32. The lowest BCUT2D eigenvalue weighted by Crippen LogP contribution is -2.46. The molecule has 6 heteroatoms. The Morgan fingerprint density at radius 2 is 2.17 bits per heavy atom. The minimum Gasteiger partial charge on any atom is -0.485 e. The first-order valence-electron chi connectivity index (χ1n) is 7.86. The zero-order valence-corrected chi connectivity index (χ0v) is 12.8. The number of benzene rings is 1. The second kappa shape index (κ2) is 5.61. The van der Waals surface area contributed by atoms with Crippen LogP contribution in [-0.4, -0.2) is 34.7 Å². The van der Waals surface area contributed by atoms with E-state index in [0.717, 1.165) is 19.4 Å². The van der Waals surface area contributed by atoms with Gasteiger partial charge in [0.05, 0.1) is 6.33 Å². The van der Waals surface area contributed by atoms with Crippen LogP contribution in [0.4, 0.5) is 0 Å². The van der Waals surface area contributed by atoms with Gasteiger partial charge in [0, 0.05) is 30.9 Å². The van der Waals surface area contributed by atoms with Crippen molar-refractivity contribution in [1.29, 1.82) is 0 Å². The summed E-state index contributed by atoms with van der Waals surface area (Å²) in [6.07, 6.45) is 7.20. The molecule has 4 rings (SSSR count). The van der Waals surface area contributed by atoms with Gasteiger partial charge in [0.25, 0.3) is 5.91 Å². The van der Waals surface area contributed by atoms with Gasteiger partial charge in [-0.15, -0.1) is 0 Å². The monoisotopic (exact) mass is 313 g/mol. The maximum atomic E-state index is 12.3. The summed E-state index contributed by atoms with van der Waals surface area (Å²) < 4.78 is 13.4. The third-order valence-electron chi connectivity index (χ3n) is 4.47. The van der Waals surface area contributed by atoms with Crippen molar-refractivity contribution in [2.75, 3.05) is 13.2 Å². The molecule has 1 aromatic heterocycles. The third-order valence-corrected chi connectivity index (χ3v) is 4.47. The normalized spacial score (nSPS) is 20.8. The van der Waals surface area contributed by atoms with Gasteiger partial charge in [-0.3, -0.25) is 4.79 Å². The Morgan fingerprint density at radius 1 is 1.35 bits per heavy atom. The summed E-state index contributed by atoms with van der Waals surface area (Å²) in [5, 5.41) is 3.02. The van der Waals surface area contributed by atoms with Crippen molar-refractivity contribution >= 4 is 5.91 Å². The lowest BCUT2D eigenvalue weighted by atomic mass is 10.1. The number of carbonyl (C=O) groups is 1. The number of rotatable bonds is 5. The van der Waals surface area contributed by atoms with E-state index in [1.165, 1.54) is 0 Å². The molecular weight excluding hydrogens is 294 g/mol. The van der Waals surface area contributed by atoms with Crippen molar-refractivity contribution in [2.24, 2.45) is 5.41 Å². The van der Waals surface area contributed by atoms with E-state index < -0.39 is 6.10 Å². The maximum Gasteiger partial charge on any atom is 0.264 e. The van der Waals surface area contributed by atoms with Crippen LogP contribution >= 0.6 is 0 Å². The predicted molar refractivity (Wildman–Crippen MR) is 83.3 cm³/mol. The number of carbonyl (C=O) groups excluding carboxylic acids is 1. The number of hydrogen-bond acceptors (Lipinski definition) is 4. The SMILES string of the molecule is O=C(NCC1(Cn2ccnc2)CC1)C1COc2ccccc2O1. The third kappa shape index (κ3) is 3.02. The van der Waals surface area contributed by atoms with Crippen molar-refractivity contribution in [3.8, 4) is 11.5 Å². The van der Waals surface area contributed by atoms with Gasteiger partial charge >= 0.3 is 0 Å². The van der Waals surface area contributed by atoms with Crippen LogP contribution in [0.5, 0.6) is 11.5 Å². The quantitative estimate of drug-likeness (QED) is 0.911. The van der Waals surface area contributed by atoms with Gasteiger partial charge in [-0.2, -0.15) is 0 Å². The van der Waals surface area contributed by atoms with Gasteiger partial charge in [-0.05, 0) is 25.0 Å². The Labute approximate surface area is 134 Å². The molecule has 2 heterocycles. The van der Waals surface area contributed by atoms with E-state index in [2.05, 4.69) is 14.9 Å². The summed E-state index contributed by atoms with van der Waals surface area (Å²) >= 11 is 0. The first-order chi connectivity index (χ1) is 11.2. The average molecular weight is 313 g/mol. The number of ether oxygens (including phenoxy) is 2. The van der Waals surface area contributed by atoms with E-state index in [1.807, 2.05) is 36.8 Å². The highest BCUT2D eigenvalue weighted by Gasteiger charge is 2.43. The molecule has 1 N–H and O–H groups in total. The molecule has 1 aliphatic heterocycles. The van der Waals surface area contributed by atoms with Crippen LogP contribution in [0.15, 0.2) is 43.0 Å². The fourth-order valence-corrected chi connectivity index (χ4v) is 2.87. The van der Waals surface area contributed by atoms with Gasteiger partial charge in [-0.1, -0.05) is 12.1 Å². The van der Waals surface area contributed by atoms with Crippen molar-refractivity contribution in [1.82, 2.24) is 14.9 Å². The largest absolute Gasteiger partial charge is 0.485 e. The van der Waals surface area contributed by atoms with Crippen molar-refractivity contribution in [2.45, 2.75) is 25.5 Å². The van der Waals surface area contributed by atoms with Gasteiger partial charge in [0.2, 0.25) is 6.10 Å². The van der Waals surface area contributed by atoms with E-state index in [9.17, 15) is 4.79 Å². The topological polar surface area (TPSA) is 65.4 Å². The summed E-state index contributed by atoms with van der Waals surface area (Å²) in [4.78, 5) is 16.4. The molecule has 1 atom stereocenters. The first kappa shape index (κ1) is 14.1. The molecule has 120 valence electrons. The van der Waals surface area contributed by atoms with Crippen LogP contribution < -0.4 is 14.8 Å². The molecule has 6 nitrogen and oxygen atoms in total. The van der Waals surface area contributed by atoms with Gasteiger partial charge < -0.3 is 19.4 Å². The summed E-state index contributed by atoms with van der Waals surface area (Å²) in [5.41, 5.74) is 0.157. The molecule has 0 bridgehead atoms. The minimum absolute atomic E-state index is 0.114. The molecule has 1 amide bonds. The molecular formula is C17H19N3O3. The molecule has 23 heavy (non-hydrogen) atoms. The number of nitrogens with one attached hydrogen (secondary N) is 1. The highest BCUT2D eigenvalue weighted by molar-refractivity contribution is 5.81. The van der Waals surface area contributed by atoms with E-state index >= 15 is 0 Å². The lowest BCUT2D eigenvalue weighted by molar-refractivity contribution is -0.130. The van der Waals surface area contributed by atoms with Gasteiger partial charge in [0.1, 0.15) is 6.61 Å². The molecule has 2 aromatic rings. The Hall–Kier alpha value is -2.50. The van der Waals surface area contributed by atoms with Crippen LogP contribution in [0.1, 0.15) is 12.8 Å². The second-order valence-electron chi connectivity index (χ2n) is 6.32. The highest BCUT2D eigenvalue weighted by Crippen LogP contribution is 2.46. The van der Waals surface area contributed by atoms with Gasteiger partial charge in [-0.25, -0.2) is 4.98 Å². The molecule has 1 aromatic carbocycles. The summed E-state index contributed by atoms with van der Waals surface area (Å²) in [6, 6.07) is 7.41. The van der Waals surface area contributed by atoms with E-state index in [0.29, 0.717) is 18.0 Å². The number of amides is 1. The lowest BCUT2D eigenvalue weighted by Gasteiger charge is -2.26. The Balaban J connectivity index is 1.33. The number of hydrogen-bond donors (Lipinski definition) is 1. The summed E-state index contributed by atoms with van der Waals surface area (Å²) in [6.45, 7) is 1.79. The molecule has 1 aliphatic carbocycles. The number of imidazole rings is 1. The van der Waals surface area contributed by atoms with Gasteiger partial charge in [0.15, 0.2) is 11.5 Å². The number of aromatic nitrogens is 2. The Bertz CT molecular complexity index is 695. The van der Waals surface area contributed by atoms with Crippen molar-refractivity contribution < 1.29 is 14.3 Å². The maximum absolute atomic E-state index is 12.3. The van der Waals surface area contributed by atoms with Crippen LogP contribution in [-0.2, 0) is 11.3 Å². The van der Waals surface area contributed by atoms with Crippen LogP contribution in [0.3, 0.4) is 0 Å². The zero-order valence-electron chi connectivity index (χ0n) is 12.8.